The molecular formula is C58H61F7N22O6S2. The highest BCUT2D eigenvalue weighted by Crippen LogP contribution is 2.56. The van der Waals surface area contributed by atoms with Gasteiger partial charge in [-0.3, -0.25) is 19.2 Å². The van der Waals surface area contributed by atoms with Crippen molar-refractivity contribution in [1.29, 1.82) is 0 Å². The van der Waals surface area contributed by atoms with Gasteiger partial charge in [0, 0.05) is 113 Å². The Morgan fingerprint density at radius 2 is 0.842 bits per heavy atom. The van der Waals surface area contributed by atoms with Gasteiger partial charge in [0.2, 0.25) is 0 Å². The maximum atomic E-state index is 12.7. The van der Waals surface area contributed by atoms with Gasteiger partial charge in [-0.2, -0.15) is 4.31 Å². The zero-order valence-corrected chi connectivity index (χ0v) is 53.1. The Bertz CT molecular complexity index is 4190. The number of hydrogen-bond donors (Lipinski definition) is 9. The van der Waals surface area contributed by atoms with Crippen LogP contribution in [0.1, 0.15) is 90.8 Å². The van der Waals surface area contributed by atoms with Gasteiger partial charge in [0.05, 0.1) is 17.1 Å². The average molecular weight is 1360 g/mol. The van der Waals surface area contributed by atoms with E-state index >= 15 is 0 Å². The first kappa shape index (κ1) is 72.8. The summed E-state index contributed by atoms with van der Waals surface area (Å²) in [5.74, 6) is 1.59. The number of alkyl halides is 4. The van der Waals surface area contributed by atoms with Crippen LogP contribution in [0, 0.1) is 13.8 Å². The number of anilines is 12. The molecule has 0 spiro atoms. The summed E-state index contributed by atoms with van der Waals surface area (Å²) in [6, 6.07) is 23.3. The Kier molecular flexibility index (Phi) is 26.4. The highest BCUT2D eigenvalue weighted by atomic mass is 32.3. The molecule has 9 rings (SSSR count). The molecule has 37 heteroatoms. The van der Waals surface area contributed by atoms with Crippen LogP contribution in [-0.2, 0) is 9.84 Å². The van der Waals surface area contributed by atoms with Gasteiger partial charge in [0.25, 0.3) is 41.9 Å². The van der Waals surface area contributed by atoms with Crippen LogP contribution in [-0.4, -0.2) is 138 Å². The lowest BCUT2D eigenvalue weighted by Gasteiger charge is -2.23. The summed E-state index contributed by atoms with van der Waals surface area (Å²) in [7, 11) is 0.794. The third-order valence-electron chi connectivity index (χ3n) is 12.4. The number of carbonyl (C=O) groups excluding carboxylic acids is 4. The summed E-state index contributed by atoms with van der Waals surface area (Å²) < 4.78 is 110. The van der Waals surface area contributed by atoms with Crippen LogP contribution in [0.4, 0.5) is 98.6 Å². The van der Waals surface area contributed by atoms with Crippen LogP contribution in [0.2, 0.25) is 0 Å². The van der Waals surface area contributed by atoms with Gasteiger partial charge in [0.15, 0.2) is 50.7 Å². The average Bonchev–Trinajstić information content (AvgIpc) is 0.857. The van der Waals surface area contributed by atoms with Gasteiger partial charge in [-0.25, -0.2) is 55.9 Å². The third-order valence-corrected chi connectivity index (χ3v) is 14.7. The summed E-state index contributed by atoms with van der Waals surface area (Å²) in [5.41, 5.74) is 2.88. The molecular weight excluding hydrogens is 1300 g/mol. The lowest BCUT2D eigenvalue weighted by molar-refractivity contribution is 0.0950. The summed E-state index contributed by atoms with van der Waals surface area (Å²) in [6.07, 6.45) is 4.71. The number of hydrogen-bond acceptors (Lipinski definition) is 25. The quantitative estimate of drug-likeness (QED) is 0.0225. The monoisotopic (exact) mass is 1360 g/mol. The molecule has 9 aromatic rings. The smallest absolute Gasteiger partial charge is 0.278 e. The van der Waals surface area contributed by atoms with E-state index in [-0.39, 0.29) is 81.1 Å². The molecule has 3 amide bonds. The highest BCUT2D eigenvalue weighted by Gasteiger charge is 2.28. The zero-order chi connectivity index (χ0) is 69.4. The van der Waals surface area contributed by atoms with E-state index in [0.29, 0.717) is 56.6 Å². The first-order valence-electron chi connectivity index (χ1n) is 27.8. The number of halogens is 7. The molecule has 0 aromatic carbocycles. The van der Waals surface area contributed by atoms with Gasteiger partial charge in [-0.05, 0) is 85.6 Å². The Balaban J connectivity index is 0.000000212. The second kappa shape index (κ2) is 34.5. The predicted molar refractivity (Wildman–Crippen MR) is 343 cm³/mol. The second-order valence-electron chi connectivity index (χ2n) is 19.1. The topological polar surface area (TPSA) is 369 Å². The van der Waals surface area contributed by atoms with E-state index in [0.717, 1.165) is 29.8 Å². The maximum Gasteiger partial charge on any atom is 0.278 e. The molecule has 500 valence electrons. The molecule has 9 aromatic heterocycles. The lowest BCUT2D eigenvalue weighted by atomic mass is 10.2. The van der Waals surface area contributed by atoms with E-state index in [1.807, 2.05) is 32.0 Å². The van der Waals surface area contributed by atoms with Gasteiger partial charge in [0.1, 0.15) is 39.8 Å². The van der Waals surface area contributed by atoms with E-state index in [1.165, 1.54) is 89.8 Å². The first-order valence-corrected chi connectivity index (χ1v) is 30.9. The van der Waals surface area contributed by atoms with Crippen molar-refractivity contribution in [1.82, 2.24) is 80.8 Å². The molecule has 95 heavy (non-hydrogen) atoms. The first-order chi connectivity index (χ1) is 45.3. The van der Waals surface area contributed by atoms with Gasteiger partial charge >= 0.3 is 0 Å². The van der Waals surface area contributed by atoms with E-state index in [4.69, 9.17) is 0 Å². The number of amides is 3. The Labute approximate surface area is 541 Å². The van der Waals surface area contributed by atoms with Gasteiger partial charge in [-0.1, -0.05) is 26.0 Å². The normalized spacial score (nSPS) is 11.1. The fourth-order valence-corrected chi connectivity index (χ4v) is 8.94. The predicted octanol–water partition coefficient (Wildman–Crippen LogP) is 10.7. The van der Waals surface area contributed by atoms with Crippen molar-refractivity contribution in [3.63, 3.8) is 0 Å². The molecule has 0 saturated carbocycles. The minimum absolute atomic E-state index is 0.00601. The maximum absolute atomic E-state index is 12.7. The van der Waals surface area contributed by atoms with E-state index in [2.05, 4.69) is 108 Å². The number of nitrogens with one attached hydrogen (secondary N) is 9. The number of sulfone groups is 1. The molecule has 0 unspecified atom stereocenters. The van der Waals surface area contributed by atoms with Crippen LogP contribution in [0.5, 0.6) is 0 Å². The fourth-order valence-electron chi connectivity index (χ4n) is 7.58. The number of pyridine rings is 6. The fraction of sp³-hybridized carbons (Fsp3) is 0.207. The summed E-state index contributed by atoms with van der Waals surface area (Å²) >= 11 is -4.93. The van der Waals surface area contributed by atoms with Crippen LogP contribution in [0.15, 0.2) is 133 Å². The summed E-state index contributed by atoms with van der Waals surface area (Å²) in [5, 5.41) is 48.8. The van der Waals surface area contributed by atoms with Crippen molar-refractivity contribution >= 4 is 115 Å². The Hall–Kier alpha value is -11.2. The highest BCUT2D eigenvalue weighted by molar-refractivity contribution is 8.18. The molecule has 0 radical (unpaired) electrons. The molecule has 0 bridgehead atoms. The van der Waals surface area contributed by atoms with Crippen molar-refractivity contribution in [3.8, 4) is 0 Å². The number of nitrogens with zero attached hydrogens (tertiary/aromatic N) is 13. The lowest BCUT2D eigenvalue weighted by Crippen LogP contribution is -2.22. The van der Waals surface area contributed by atoms with Crippen molar-refractivity contribution in [3.05, 3.63) is 173 Å². The minimum Gasteiger partial charge on any atom is -0.354 e. The molecule has 0 saturated heterocycles. The van der Waals surface area contributed by atoms with Gasteiger partial charge < -0.3 is 47.9 Å². The third kappa shape index (κ3) is 21.4. The molecule has 0 fully saturated rings. The van der Waals surface area contributed by atoms with Crippen LogP contribution >= 0.6 is 11.4 Å². The van der Waals surface area contributed by atoms with Crippen molar-refractivity contribution in [2.24, 2.45) is 0 Å². The van der Waals surface area contributed by atoms with Crippen molar-refractivity contribution in [2.75, 3.05) is 72.4 Å². The second-order valence-corrected chi connectivity index (χ2v) is 22.3. The molecule has 9 N–H and O–H groups in total. The van der Waals surface area contributed by atoms with Crippen molar-refractivity contribution in [2.45, 2.75) is 45.4 Å². The summed E-state index contributed by atoms with van der Waals surface area (Å²) in [4.78, 5) is 71.5. The number of aromatic nitrogens is 12. The van der Waals surface area contributed by atoms with Crippen LogP contribution in [0.25, 0.3) is 0 Å². The van der Waals surface area contributed by atoms with E-state index < -0.39 is 45.9 Å². The summed E-state index contributed by atoms with van der Waals surface area (Å²) in [6.45, 7) is 6.91. The molecule has 9 heterocycles. The number of carbonyl (C=O) groups is 4. The Morgan fingerprint density at radius 1 is 0.484 bits per heavy atom. The SMILES string of the molecule is CCN(CC)S(F)(F)F.CNC(=O)c1nnc(Nc2ccc(C(F)F)cn2)cc1Nc1ncccc1C.CNC(=O)c1nnc(Nc2ccc(C(F)F)cn2)cc1Nc1ncccc1S(C)(=O)=O.CNC(=O)c1nnc(Nc2ccc(C=O)cn2)cc1Nc1ncccc1C. The number of aldehydes is 1. The van der Waals surface area contributed by atoms with Crippen LogP contribution in [0.3, 0.4) is 0 Å². The molecule has 28 nitrogen and oxygen atoms in total. The molecule has 0 aliphatic heterocycles. The molecule has 0 atom stereocenters. The minimum atomic E-state index is -4.93. The number of aryl methyl sites for hydroxylation is 2. The number of rotatable bonds is 22. The molecule has 0 aliphatic rings. The van der Waals surface area contributed by atoms with Gasteiger partial charge in [-0.15, -0.1) is 42.2 Å². The van der Waals surface area contributed by atoms with Crippen molar-refractivity contribution < 1.29 is 56.8 Å². The largest absolute Gasteiger partial charge is 0.354 e. The van der Waals surface area contributed by atoms with E-state index in [9.17, 15) is 56.8 Å². The Morgan fingerprint density at radius 3 is 1.13 bits per heavy atom. The standard InChI is InChI=1S/C18H17F2N7O3S.C18H17F2N7O.C18H17N7O2.C4H10F3NS/c1-21-18(28)15-11(24-17-12(31(2,29)30)4-3-7-22-17)8-14(26-27-15)25-13-6-5-10(9-23-13)16(19)20;1-10-4-3-7-22-17(10)24-12-8-14(26-27-15(12)18(28)21-2)25-13-6-5-11(9-23-13)16(19)20;1-11-4-3-7-20-17(11)22-13-8-15(24-25-16(13)18(27)19-2)23-14-6-5-12(10-26)9-21-14;1-3-8(4-2)9(5,6)7/h3-9,16H,1-2H3,(H,21,28)(H2,22,23,24,25,26);3-9,16H,1-2H3,(H,21,28)(H2,22,23,24,25,26);3-10H,1-2H3,(H,19,27)(H2,20,21,22,23,24);3-4H2,1-2H3. The zero-order valence-electron chi connectivity index (χ0n) is 51.5. The van der Waals surface area contributed by atoms with E-state index in [1.54, 1.807) is 42.7 Å². The molecule has 0 aliphatic carbocycles. The van der Waals surface area contributed by atoms with Crippen LogP contribution < -0.4 is 47.9 Å².